The molecule has 0 saturated carbocycles. The highest BCUT2D eigenvalue weighted by Gasteiger charge is 2.16. The summed E-state index contributed by atoms with van der Waals surface area (Å²) < 4.78 is 0. The average Bonchev–Trinajstić information content (AvgIpc) is 2.94. The summed E-state index contributed by atoms with van der Waals surface area (Å²) in [7, 11) is 0. The first-order valence-corrected chi connectivity index (χ1v) is 7.96. The number of allylic oxidation sites excluding steroid dienone is 13. The minimum absolute atomic E-state index is 1.14. The van der Waals surface area contributed by atoms with Gasteiger partial charge in [-0.1, -0.05) is 54.2 Å². The highest BCUT2D eigenvalue weighted by molar-refractivity contribution is 5.50. The Morgan fingerprint density at radius 1 is 0.762 bits per heavy atom. The van der Waals surface area contributed by atoms with Gasteiger partial charge in [0.15, 0.2) is 0 Å². The minimum atomic E-state index is 1.14. The molecule has 0 unspecified atom stereocenters. The zero-order chi connectivity index (χ0) is 14.8. The molecule has 0 aliphatic heterocycles. The van der Waals surface area contributed by atoms with Crippen LogP contribution in [0.25, 0.3) is 0 Å². The Balaban J connectivity index is 1.73. The normalized spacial score (nSPS) is 21.8. The molecular weight excluding hydrogens is 252 g/mol. The topological polar surface area (TPSA) is 0 Å². The SMILES string of the molecule is C=C(C)C1=CC=C(C2=CC=C(C3=CC=C(C)C3)CC2)CC1. The van der Waals surface area contributed by atoms with Gasteiger partial charge in [-0.3, -0.25) is 0 Å². The molecule has 0 atom stereocenters. The van der Waals surface area contributed by atoms with Gasteiger partial charge in [-0.25, -0.2) is 0 Å². The van der Waals surface area contributed by atoms with Crippen molar-refractivity contribution in [3.63, 3.8) is 0 Å². The van der Waals surface area contributed by atoms with Crippen molar-refractivity contribution in [3.05, 3.63) is 82.0 Å². The minimum Gasteiger partial charge on any atom is -0.0958 e. The van der Waals surface area contributed by atoms with Gasteiger partial charge in [0.25, 0.3) is 0 Å². The fourth-order valence-electron chi connectivity index (χ4n) is 3.31. The summed E-state index contributed by atoms with van der Waals surface area (Å²) in [5, 5.41) is 0. The third kappa shape index (κ3) is 3.10. The van der Waals surface area contributed by atoms with Gasteiger partial charge in [0.2, 0.25) is 0 Å². The first-order valence-electron chi connectivity index (χ1n) is 7.96. The van der Waals surface area contributed by atoms with Crippen LogP contribution in [0.15, 0.2) is 82.0 Å². The lowest BCUT2D eigenvalue weighted by Gasteiger charge is -2.21. The van der Waals surface area contributed by atoms with E-state index in [4.69, 9.17) is 0 Å². The Bertz CT molecular complexity index is 654. The smallest absolute Gasteiger partial charge is 0.00640 e. The van der Waals surface area contributed by atoms with Crippen LogP contribution in [0, 0.1) is 0 Å². The zero-order valence-corrected chi connectivity index (χ0v) is 13.2. The third-order valence-corrected chi connectivity index (χ3v) is 4.71. The Hall–Kier alpha value is -1.82. The zero-order valence-electron chi connectivity index (χ0n) is 13.2. The van der Waals surface area contributed by atoms with E-state index in [0.717, 1.165) is 19.3 Å². The molecule has 0 nitrogen and oxygen atoms in total. The van der Waals surface area contributed by atoms with Crippen molar-refractivity contribution < 1.29 is 0 Å². The van der Waals surface area contributed by atoms with Crippen LogP contribution in [0.4, 0.5) is 0 Å². The molecule has 0 bridgehead atoms. The second-order valence-electron chi connectivity index (χ2n) is 6.43. The second kappa shape index (κ2) is 5.89. The highest BCUT2D eigenvalue weighted by Crippen LogP contribution is 2.35. The molecule has 0 fully saturated rings. The molecule has 0 N–H and O–H groups in total. The van der Waals surface area contributed by atoms with Gasteiger partial charge in [0.05, 0.1) is 0 Å². The van der Waals surface area contributed by atoms with Crippen molar-refractivity contribution in [1.82, 2.24) is 0 Å². The summed E-state index contributed by atoms with van der Waals surface area (Å²) in [4.78, 5) is 0. The van der Waals surface area contributed by atoms with Crippen molar-refractivity contribution in [2.24, 2.45) is 0 Å². The average molecular weight is 276 g/mol. The molecule has 3 rings (SSSR count). The van der Waals surface area contributed by atoms with Crippen LogP contribution >= 0.6 is 0 Å². The first kappa shape index (κ1) is 14.1. The lowest BCUT2D eigenvalue weighted by molar-refractivity contribution is 0.853. The first-order chi connectivity index (χ1) is 10.1. The van der Waals surface area contributed by atoms with Crippen molar-refractivity contribution >= 4 is 0 Å². The molecule has 0 saturated heterocycles. The van der Waals surface area contributed by atoms with Gasteiger partial charge in [0, 0.05) is 0 Å². The van der Waals surface area contributed by atoms with Crippen LogP contribution in [0.3, 0.4) is 0 Å². The molecule has 0 spiro atoms. The summed E-state index contributed by atoms with van der Waals surface area (Å²) in [6.07, 6.45) is 19.6. The van der Waals surface area contributed by atoms with Gasteiger partial charge in [0.1, 0.15) is 0 Å². The summed E-state index contributed by atoms with van der Waals surface area (Å²) in [5.41, 5.74) is 10.2. The van der Waals surface area contributed by atoms with Gasteiger partial charge in [-0.2, -0.15) is 0 Å². The molecule has 0 amide bonds. The van der Waals surface area contributed by atoms with Gasteiger partial charge in [-0.15, -0.1) is 0 Å². The lowest BCUT2D eigenvalue weighted by atomic mass is 9.84. The molecule has 0 aromatic rings. The summed E-state index contributed by atoms with van der Waals surface area (Å²) in [6.45, 7) is 8.36. The molecule has 0 heterocycles. The van der Waals surface area contributed by atoms with Crippen LogP contribution in [0.1, 0.15) is 46.0 Å². The molecule has 0 radical (unpaired) electrons. The largest absolute Gasteiger partial charge is 0.0958 e. The van der Waals surface area contributed by atoms with Gasteiger partial charge in [-0.05, 0) is 73.8 Å². The van der Waals surface area contributed by atoms with E-state index < -0.39 is 0 Å². The predicted octanol–water partition coefficient (Wildman–Crippen LogP) is 6.13. The van der Waals surface area contributed by atoms with E-state index >= 15 is 0 Å². The maximum atomic E-state index is 4.04. The maximum absolute atomic E-state index is 4.04. The molecular formula is C21H24. The number of hydrogen-bond acceptors (Lipinski definition) is 0. The molecule has 0 aromatic carbocycles. The Morgan fingerprint density at radius 2 is 1.29 bits per heavy atom. The van der Waals surface area contributed by atoms with E-state index in [1.54, 1.807) is 0 Å². The van der Waals surface area contributed by atoms with E-state index in [0.29, 0.717) is 0 Å². The molecule has 21 heavy (non-hydrogen) atoms. The molecule has 0 heteroatoms. The van der Waals surface area contributed by atoms with Crippen LogP contribution in [-0.2, 0) is 0 Å². The Labute approximate surface area is 128 Å². The Morgan fingerprint density at radius 3 is 1.71 bits per heavy atom. The monoisotopic (exact) mass is 276 g/mol. The van der Waals surface area contributed by atoms with Crippen molar-refractivity contribution in [2.75, 3.05) is 0 Å². The quantitative estimate of drug-likeness (QED) is 0.581. The summed E-state index contributed by atoms with van der Waals surface area (Å²) in [5.74, 6) is 0. The van der Waals surface area contributed by atoms with Crippen LogP contribution in [0.2, 0.25) is 0 Å². The lowest BCUT2D eigenvalue weighted by Crippen LogP contribution is -2.02. The van der Waals surface area contributed by atoms with Gasteiger partial charge >= 0.3 is 0 Å². The van der Waals surface area contributed by atoms with E-state index in [1.165, 1.54) is 51.9 Å². The van der Waals surface area contributed by atoms with E-state index in [2.05, 4.69) is 56.9 Å². The van der Waals surface area contributed by atoms with E-state index in [1.807, 2.05) is 0 Å². The predicted molar refractivity (Wildman–Crippen MR) is 92.1 cm³/mol. The summed E-state index contributed by atoms with van der Waals surface area (Å²) >= 11 is 0. The number of hydrogen-bond donors (Lipinski definition) is 0. The third-order valence-electron chi connectivity index (χ3n) is 4.71. The van der Waals surface area contributed by atoms with Crippen LogP contribution in [0.5, 0.6) is 0 Å². The maximum Gasteiger partial charge on any atom is -0.00640 e. The van der Waals surface area contributed by atoms with Crippen molar-refractivity contribution in [3.8, 4) is 0 Å². The van der Waals surface area contributed by atoms with E-state index in [9.17, 15) is 0 Å². The molecule has 108 valence electrons. The second-order valence-corrected chi connectivity index (χ2v) is 6.43. The van der Waals surface area contributed by atoms with Gasteiger partial charge < -0.3 is 0 Å². The summed E-state index contributed by atoms with van der Waals surface area (Å²) in [6, 6.07) is 0. The molecule has 3 aliphatic carbocycles. The fraction of sp³-hybridized carbons (Fsp3) is 0.333. The van der Waals surface area contributed by atoms with Crippen LogP contribution in [-0.4, -0.2) is 0 Å². The molecule has 3 aliphatic rings. The van der Waals surface area contributed by atoms with Crippen molar-refractivity contribution in [1.29, 1.82) is 0 Å². The van der Waals surface area contributed by atoms with Crippen LogP contribution < -0.4 is 0 Å². The fourth-order valence-corrected chi connectivity index (χ4v) is 3.31. The molecule has 0 aromatic heterocycles. The van der Waals surface area contributed by atoms with E-state index in [-0.39, 0.29) is 0 Å². The number of rotatable bonds is 3. The Kier molecular flexibility index (Phi) is 3.96. The van der Waals surface area contributed by atoms with Crippen molar-refractivity contribution in [2.45, 2.75) is 46.0 Å². The standard InChI is InChI=1S/C21H24/c1-15(2)17-6-8-18(9-7-17)19-10-12-20(13-11-19)21-5-4-16(3)14-21/h4-6,8,10,12H,1,7,9,11,13-14H2,2-3H3. The highest BCUT2D eigenvalue weighted by atomic mass is 14.2.